The fraction of sp³-hybridized carbons (Fsp3) is 0.270. The standard InChI is InChI=1S/C37H35N5O4/c1-22-29(3-2-4-31(22)41-36(45)27-11-7-25(8-12-27)24-5-6-24)34-30-20-32(40-35(30)39-21-38-34)26-9-13-28(14-10-26)37(46)42-17-15-23(16-18-42)19-33(43)44/h2-4,7-14,20-21,23-24H,5-6,15-19H2,1H3,(H,41,45)(H,43,44)(H,38,39,40). The number of benzene rings is 3. The van der Waals surface area contributed by atoms with Gasteiger partial charge in [-0.1, -0.05) is 36.4 Å². The first-order valence-electron chi connectivity index (χ1n) is 15.8. The number of anilines is 1. The van der Waals surface area contributed by atoms with E-state index in [4.69, 9.17) is 5.11 Å². The number of piperidine rings is 1. The molecule has 2 aromatic heterocycles. The molecule has 2 fully saturated rings. The number of aliphatic carboxylic acids is 1. The molecule has 0 radical (unpaired) electrons. The Morgan fingerprint density at radius 3 is 2.33 bits per heavy atom. The summed E-state index contributed by atoms with van der Waals surface area (Å²) < 4.78 is 0. The van der Waals surface area contributed by atoms with Gasteiger partial charge in [-0.25, -0.2) is 9.97 Å². The van der Waals surface area contributed by atoms with Crippen molar-refractivity contribution in [3.05, 3.63) is 101 Å². The van der Waals surface area contributed by atoms with E-state index in [9.17, 15) is 14.4 Å². The molecule has 5 aromatic rings. The second kappa shape index (κ2) is 12.2. The molecule has 232 valence electrons. The van der Waals surface area contributed by atoms with Crippen LogP contribution in [0, 0.1) is 12.8 Å². The van der Waals surface area contributed by atoms with Crippen LogP contribution in [-0.4, -0.2) is 55.8 Å². The lowest BCUT2D eigenvalue weighted by Gasteiger charge is -2.31. The third-order valence-electron chi connectivity index (χ3n) is 9.29. The molecule has 0 spiro atoms. The second-order valence-corrected chi connectivity index (χ2v) is 12.4. The summed E-state index contributed by atoms with van der Waals surface area (Å²) in [5.41, 5.74) is 8.25. The Hall–Kier alpha value is -5.31. The zero-order chi connectivity index (χ0) is 31.8. The van der Waals surface area contributed by atoms with E-state index in [1.54, 1.807) is 0 Å². The molecule has 9 heteroatoms. The van der Waals surface area contributed by atoms with Crippen molar-refractivity contribution < 1.29 is 19.5 Å². The Kier molecular flexibility index (Phi) is 7.82. The largest absolute Gasteiger partial charge is 0.481 e. The third-order valence-corrected chi connectivity index (χ3v) is 9.29. The highest BCUT2D eigenvalue weighted by molar-refractivity contribution is 6.05. The zero-order valence-corrected chi connectivity index (χ0v) is 25.6. The van der Waals surface area contributed by atoms with Gasteiger partial charge in [-0.3, -0.25) is 14.4 Å². The third kappa shape index (κ3) is 6.00. The van der Waals surface area contributed by atoms with Crippen LogP contribution in [0.1, 0.15) is 69.9 Å². The Balaban J connectivity index is 1.09. The van der Waals surface area contributed by atoms with E-state index in [0.717, 1.165) is 39.2 Å². The van der Waals surface area contributed by atoms with E-state index >= 15 is 0 Å². The van der Waals surface area contributed by atoms with Crippen LogP contribution in [-0.2, 0) is 4.79 Å². The minimum absolute atomic E-state index is 0.0390. The minimum Gasteiger partial charge on any atom is -0.481 e. The van der Waals surface area contributed by atoms with Gasteiger partial charge in [0.15, 0.2) is 0 Å². The van der Waals surface area contributed by atoms with E-state index in [1.807, 2.05) is 72.5 Å². The maximum atomic E-state index is 13.1. The van der Waals surface area contributed by atoms with E-state index in [1.165, 1.54) is 24.7 Å². The number of carboxylic acid groups (broad SMARTS) is 1. The van der Waals surface area contributed by atoms with Gasteiger partial charge in [0, 0.05) is 53.0 Å². The van der Waals surface area contributed by atoms with Gasteiger partial charge in [0.1, 0.15) is 12.0 Å². The molecule has 1 aliphatic heterocycles. The van der Waals surface area contributed by atoms with Crippen LogP contribution >= 0.6 is 0 Å². The molecule has 9 nitrogen and oxygen atoms in total. The zero-order valence-electron chi connectivity index (χ0n) is 25.6. The maximum Gasteiger partial charge on any atom is 0.303 e. The van der Waals surface area contributed by atoms with Gasteiger partial charge in [-0.05, 0) is 97.5 Å². The number of carboxylic acids is 1. The number of nitrogens with zero attached hydrogens (tertiary/aromatic N) is 3. The van der Waals surface area contributed by atoms with E-state index < -0.39 is 5.97 Å². The summed E-state index contributed by atoms with van der Waals surface area (Å²) in [6.07, 6.45) is 5.55. The Labute approximate surface area is 266 Å². The number of aromatic nitrogens is 3. The molecular weight excluding hydrogens is 578 g/mol. The second-order valence-electron chi connectivity index (χ2n) is 12.4. The van der Waals surface area contributed by atoms with Gasteiger partial charge >= 0.3 is 5.97 Å². The van der Waals surface area contributed by atoms with Crippen LogP contribution in [0.2, 0.25) is 0 Å². The molecule has 1 aliphatic carbocycles. The topological polar surface area (TPSA) is 128 Å². The summed E-state index contributed by atoms with van der Waals surface area (Å²) in [6.45, 7) is 3.12. The normalized spacial score (nSPS) is 15.2. The average Bonchev–Trinajstić information content (AvgIpc) is 3.83. The smallest absolute Gasteiger partial charge is 0.303 e. The molecule has 3 heterocycles. The van der Waals surface area contributed by atoms with Crippen molar-refractivity contribution >= 4 is 34.5 Å². The van der Waals surface area contributed by atoms with Gasteiger partial charge in [-0.15, -0.1) is 0 Å². The molecular formula is C37H35N5O4. The number of H-pyrrole nitrogens is 1. The lowest BCUT2D eigenvalue weighted by Crippen LogP contribution is -2.38. The monoisotopic (exact) mass is 613 g/mol. The van der Waals surface area contributed by atoms with Crippen LogP contribution in [0.3, 0.4) is 0 Å². The van der Waals surface area contributed by atoms with Crippen molar-refractivity contribution in [2.24, 2.45) is 5.92 Å². The van der Waals surface area contributed by atoms with Gasteiger partial charge < -0.3 is 20.3 Å². The molecule has 1 saturated heterocycles. The van der Waals surface area contributed by atoms with Crippen LogP contribution in [0.5, 0.6) is 0 Å². The van der Waals surface area contributed by atoms with Crippen molar-refractivity contribution in [1.29, 1.82) is 0 Å². The van der Waals surface area contributed by atoms with E-state index in [2.05, 4.69) is 32.4 Å². The molecule has 0 unspecified atom stereocenters. The van der Waals surface area contributed by atoms with Crippen LogP contribution < -0.4 is 5.32 Å². The fourth-order valence-corrected chi connectivity index (χ4v) is 6.42. The maximum absolute atomic E-state index is 13.1. The molecule has 3 N–H and O–H groups in total. The first kappa shape index (κ1) is 29.4. The Morgan fingerprint density at radius 1 is 0.913 bits per heavy atom. The molecule has 3 aromatic carbocycles. The number of rotatable bonds is 8. The summed E-state index contributed by atoms with van der Waals surface area (Å²) in [5.74, 6) is -0.205. The number of amides is 2. The number of fused-ring (bicyclic) bond motifs is 1. The molecule has 2 aliphatic rings. The Morgan fingerprint density at radius 2 is 1.63 bits per heavy atom. The summed E-state index contributed by atoms with van der Waals surface area (Å²) >= 11 is 0. The molecule has 0 bridgehead atoms. The van der Waals surface area contributed by atoms with Crippen molar-refractivity contribution in [1.82, 2.24) is 19.9 Å². The van der Waals surface area contributed by atoms with E-state index in [-0.39, 0.29) is 24.2 Å². The number of hydrogen-bond acceptors (Lipinski definition) is 5. The quantitative estimate of drug-likeness (QED) is 0.172. The van der Waals surface area contributed by atoms with Crippen molar-refractivity contribution in [3.63, 3.8) is 0 Å². The highest BCUT2D eigenvalue weighted by Gasteiger charge is 2.26. The lowest BCUT2D eigenvalue weighted by molar-refractivity contribution is -0.138. The van der Waals surface area contributed by atoms with E-state index in [0.29, 0.717) is 48.6 Å². The summed E-state index contributed by atoms with van der Waals surface area (Å²) in [4.78, 5) is 51.6. The first-order valence-corrected chi connectivity index (χ1v) is 15.8. The van der Waals surface area contributed by atoms with Crippen molar-refractivity contribution in [2.75, 3.05) is 18.4 Å². The fourth-order valence-electron chi connectivity index (χ4n) is 6.42. The highest BCUT2D eigenvalue weighted by Crippen LogP contribution is 2.40. The number of carbonyl (C=O) groups is 3. The van der Waals surface area contributed by atoms with Crippen LogP contribution in [0.4, 0.5) is 5.69 Å². The van der Waals surface area contributed by atoms with Crippen molar-refractivity contribution in [2.45, 2.75) is 44.9 Å². The number of likely N-dealkylation sites (tertiary alicyclic amines) is 1. The molecule has 1 saturated carbocycles. The number of aromatic amines is 1. The molecule has 7 rings (SSSR count). The summed E-state index contributed by atoms with van der Waals surface area (Å²) in [5, 5.41) is 13.0. The summed E-state index contributed by atoms with van der Waals surface area (Å²) in [7, 11) is 0. The van der Waals surface area contributed by atoms with Crippen LogP contribution in [0.15, 0.2) is 79.1 Å². The predicted molar refractivity (Wildman–Crippen MR) is 177 cm³/mol. The summed E-state index contributed by atoms with van der Waals surface area (Å²) in [6, 6.07) is 23.2. The van der Waals surface area contributed by atoms with Gasteiger partial charge in [0.05, 0.1) is 5.69 Å². The Bertz CT molecular complexity index is 1940. The molecule has 2 amide bonds. The minimum atomic E-state index is -0.784. The average molecular weight is 614 g/mol. The van der Waals surface area contributed by atoms with Crippen LogP contribution in [0.25, 0.3) is 33.5 Å². The highest BCUT2D eigenvalue weighted by atomic mass is 16.4. The number of hydrogen-bond donors (Lipinski definition) is 3. The van der Waals surface area contributed by atoms with Gasteiger partial charge in [0.25, 0.3) is 11.8 Å². The SMILES string of the molecule is Cc1c(NC(=O)c2ccc(C3CC3)cc2)cccc1-c1ncnc2[nH]c(-c3ccc(C(=O)N4CCC(CC(=O)O)CC4)cc3)cc12. The van der Waals surface area contributed by atoms with Gasteiger partial charge in [-0.2, -0.15) is 0 Å². The van der Waals surface area contributed by atoms with Crippen molar-refractivity contribution in [3.8, 4) is 22.5 Å². The number of carbonyl (C=O) groups excluding carboxylic acids is 2. The molecule has 46 heavy (non-hydrogen) atoms. The van der Waals surface area contributed by atoms with Gasteiger partial charge in [0.2, 0.25) is 0 Å². The first-order chi connectivity index (χ1) is 22.3. The number of nitrogens with one attached hydrogen (secondary N) is 2. The predicted octanol–water partition coefficient (Wildman–Crippen LogP) is 7.06. The lowest BCUT2D eigenvalue weighted by atomic mass is 9.93. The molecule has 0 atom stereocenters.